The Kier molecular flexibility index (Phi) is 5.02. The van der Waals surface area contributed by atoms with Crippen molar-refractivity contribution < 1.29 is 14.7 Å². The summed E-state index contributed by atoms with van der Waals surface area (Å²) in [6, 6.07) is 0.278. The van der Waals surface area contributed by atoms with Crippen LogP contribution < -0.4 is 0 Å². The lowest BCUT2D eigenvalue weighted by Crippen LogP contribution is -2.48. The Balaban J connectivity index is 1.93. The molecule has 1 amide bonds. The molecular formula is C15H26N2O3. The molecule has 2 unspecified atom stereocenters. The van der Waals surface area contributed by atoms with Gasteiger partial charge in [0.05, 0.1) is 11.8 Å². The van der Waals surface area contributed by atoms with Gasteiger partial charge in [0.25, 0.3) is 0 Å². The number of hydrogen-bond acceptors (Lipinski definition) is 3. The van der Waals surface area contributed by atoms with Crippen molar-refractivity contribution in [3.8, 4) is 0 Å². The number of nitrogens with zero attached hydrogens (tertiary/aromatic N) is 2. The zero-order valence-electron chi connectivity index (χ0n) is 12.5. The van der Waals surface area contributed by atoms with Gasteiger partial charge in [0.15, 0.2) is 0 Å². The molecule has 1 saturated carbocycles. The number of amides is 1. The van der Waals surface area contributed by atoms with Crippen LogP contribution in [0, 0.1) is 11.8 Å². The summed E-state index contributed by atoms with van der Waals surface area (Å²) in [4.78, 5) is 28.0. The van der Waals surface area contributed by atoms with Crippen molar-refractivity contribution in [2.75, 3.05) is 26.7 Å². The van der Waals surface area contributed by atoms with E-state index in [1.54, 1.807) is 0 Å². The molecule has 0 aromatic carbocycles. The van der Waals surface area contributed by atoms with Gasteiger partial charge in [0, 0.05) is 26.2 Å². The molecule has 1 aliphatic carbocycles. The van der Waals surface area contributed by atoms with Gasteiger partial charge in [-0.15, -0.1) is 0 Å². The lowest BCUT2D eigenvalue weighted by atomic mass is 9.93. The van der Waals surface area contributed by atoms with Crippen LogP contribution in [0.2, 0.25) is 0 Å². The third-order valence-corrected chi connectivity index (χ3v) is 5.05. The summed E-state index contributed by atoms with van der Waals surface area (Å²) in [5.41, 5.74) is 0. The van der Waals surface area contributed by atoms with E-state index in [0.717, 1.165) is 45.3 Å². The number of carboxylic acid groups (broad SMARTS) is 1. The van der Waals surface area contributed by atoms with Crippen LogP contribution in [0.15, 0.2) is 0 Å². The van der Waals surface area contributed by atoms with Gasteiger partial charge in [-0.2, -0.15) is 0 Å². The first kappa shape index (κ1) is 15.3. The number of carbonyl (C=O) groups is 2. The molecule has 0 bridgehead atoms. The summed E-state index contributed by atoms with van der Waals surface area (Å²) in [5.74, 6) is -1.54. The standard InChI is InChI=1S/C15H26N2O3/c1-3-17-9-7-11(8-10-17)16(2)14(18)12-5-4-6-13(12)15(19)20/h11-13H,3-10H2,1-2H3,(H,19,20). The molecule has 2 aliphatic rings. The Bertz CT molecular complexity index is 364. The summed E-state index contributed by atoms with van der Waals surface area (Å²) < 4.78 is 0. The molecular weight excluding hydrogens is 256 g/mol. The van der Waals surface area contributed by atoms with Crippen molar-refractivity contribution in [2.24, 2.45) is 11.8 Å². The van der Waals surface area contributed by atoms with E-state index in [1.165, 1.54) is 0 Å². The van der Waals surface area contributed by atoms with Gasteiger partial charge < -0.3 is 14.9 Å². The molecule has 5 heteroatoms. The van der Waals surface area contributed by atoms with Gasteiger partial charge >= 0.3 is 5.97 Å². The number of rotatable bonds is 4. The third kappa shape index (κ3) is 3.14. The number of carboxylic acids is 1. The monoisotopic (exact) mass is 282 g/mol. The second-order valence-corrected chi connectivity index (χ2v) is 6.10. The molecule has 2 fully saturated rings. The van der Waals surface area contributed by atoms with Crippen molar-refractivity contribution >= 4 is 11.9 Å². The van der Waals surface area contributed by atoms with Crippen molar-refractivity contribution in [3.05, 3.63) is 0 Å². The van der Waals surface area contributed by atoms with E-state index in [1.807, 2.05) is 11.9 Å². The fourth-order valence-electron chi connectivity index (χ4n) is 3.62. The van der Waals surface area contributed by atoms with Crippen LogP contribution >= 0.6 is 0 Å². The van der Waals surface area contributed by atoms with Crippen LogP contribution in [0.1, 0.15) is 39.0 Å². The van der Waals surface area contributed by atoms with Gasteiger partial charge in [0.2, 0.25) is 5.91 Å². The van der Waals surface area contributed by atoms with Crippen LogP contribution in [0.3, 0.4) is 0 Å². The number of hydrogen-bond donors (Lipinski definition) is 1. The summed E-state index contributed by atoms with van der Waals surface area (Å²) >= 11 is 0. The van der Waals surface area contributed by atoms with E-state index in [2.05, 4.69) is 11.8 Å². The van der Waals surface area contributed by atoms with Crippen LogP contribution in [-0.2, 0) is 9.59 Å². The number of likely N-dealkylation sites (tertiary alicyclic amines) is 1. The highest BCUT2D eigenvalue weighted by molar-refractivity contribution is 5.85. The molecule has 5 nitrogen and oxygen atoms in total. The van der Waals surface area contributed by atoms with Gasteiger partial charge in [-0.1, -0.05) is 13.3 Å². The topological polar surface area (TPSA) is 60.9 Å². The third-order valence-electron chi connectivity index (χ3n) is 5.05. The van der Waals surface area contributed by atoms with E-state index in [4.69, 9.17) is 0 Å². The summed E-state index contributed by atoms with van der Waals surface area (Å²) in [6.07, 6.45) is 4.23. The minimum atomic E-state index is -0.810. The van der Waals surface area contributed by atoms with E-state index in [0.29, 0.717) is 6.42 Å². The van der Waals surface area contributed by atoms with Crippen molar-refractivity contribution in [2.45, 2.75) is 45.1 Å². The van der Waals surface area contributed by atoms with Gasteiger partial charge in [0.1, 0.15) is 0 Å². The van der Waals surface area contributed by atoms with Gasteiger partial charge in [-0.3, -0.25) is 9.59 Å². The van der Waals surface area contributed by atoms with E-state index in [-0.39, 0.29) is 17.9 Å². The molecule has 0 aromatic rings. The number of piperidine rings is 1. The first-order valence-electron chi connectivity index (χ1n) is 7.76. The average Bonchev–Trinajstić information content (AvgIpc) is 2.95. The normalized spacial score (nSPS) is 28.5. The second-order valence-electron chi connectivity index (χ2n) is 6.10. The highest BCUT2D eigenvalue weighted by Gasteiger charge is 2.40. The Morgan fingerprint density at radius 3 is 2.30 bits per heavy atom. The molecule has 0 spiro atoms. The Hall–Kier alpha value is -1.10. The minimum absolute atomic E-state index is 0.0462. The fourth-order valence-corrected chi connectivity index (χ4v) is 3.62. The molecule has 2 atom stereocenters. The largest absolute Gasteiger partial charge is 0.481 e. The lowest BCUT2D eigenvalue weighted by Gasteiger charge is -2.37. The average molecular weight is 282 g/mol. The van der Waals surface area contributed by atoms with Crippen LogP contribution in [0.5, 0.6) is 0 Å². The Labute approximate surface area is 120 Å². The Morgan fingerprint density at radius 2 is 1.75 bits per heavy atom. The van der Waals surface area contributed by atoms with E-state index < -0.39 is 11.9 Å². The van der Waals surface area contributed by atoms with E-state index >= 15 is 0 Å². The summed E-state index contributed by atoms with van der Waals surface area (Å²) in [5, 5.41) is 9.21. The summed E-state index contributed by atoms with van der Waals surface area (Å²) in [6.45, 7) is 5.29. The first-order chi connectivity index (χ1) is 9.54. The molecule has 1 aliphatic heterocycles. The minimum Gasteiger partial charge on any atom is -0.481 e. The molecule has 2 rings (SSSR count). The SMILES string of the molecule is CCN1CCC(N(C)C(=O)C2CCCC2C(=O)O)CC1. The number of aliphatic carboxylic acids is 1. The zero-order chi connectivity index (χ0) is 14.7. The predicted octanol–water partition coefficient (Wildman–Crippen LogP) is 1.43. The molecule has 1 saturated heterocycles. The first-order valence-corrected chi connectivity index (χ1v) is 7.76. The van der Waals surface area contributed by atoms with Crippen LogP contribution in [0.4, 0.5) is 0 Å². The molecule has 20 heavy (non-hydrogen) atoms. The highest BCUT2D eigenvalue weighted by Crippen LogP contribution is 2.34. The lowest BCUT2D eigenvalue weighted by molar-refractivity contribution is -0.149. The van der Waals surface area contributed by atoms with Crippen molar-refractivity contribution in [3.63, 3.8) is 0 Å². The van der Waals surface area contributed by atoms with Gasteiger partial charge in [-0.05, 0) is 32.2 Å². The maximum Gasteiger partial charge on any atom is 0.307 e. The maximum absolute atomic E-state index is 12.6. The van der Waals surface area contributed by atoms with Crippen molar-refractivity contribution in [1.29, 1.82) is 0 Å². The highest BCUT2D eigenvalue weighted by atomic mass is 16.4. The fraction of sp³-hybridized carbons (Fsp3) is 0.867. The maximum atomic E-state index is 12.6. The predicted molar refractivity (Wildman–Crippen MR) is 76.4 cm³/mol. The molecule has 1 N–H and O–H groups in total. The van der Waals surface area contributed by atoms with Crippen molar-refractivity contribution in [1.82, 2.24) is 9.80 Å². The Morgan fingerprint density at radius 1 is 1.15 bits per heavy atom. The second kappa shape index (κ2) is 6.57. The molecule has 1 heterocycles. The zero-order valence-corrected chi connectivity index (χ0v) is 12.5. The molecule has 0 aromatic heterocycles. The van der Waals surface area contributed by atoms with E-state index in [9.17, 15) is 14.7 Å². The molecule has 114 valence electrons. The molecule has 0 radical (unpaired) electrons. The summed E-state index contributed by atoms with van der Waals surface area (Å²) in [7, 11) is 1.85. The smallest absolute Gasteiger partial charge is 0.307 e. The number of carbonyl (C=O) groups excluding carboxylic acids is 1. The van der Waals surface area contributed by atoms with Crippen LogP contribution in [0.25, 0.3) is 0 Å². The van der Waals surface area contributed by atoms with Gasteiger partial charge in [-0.25, -0.2) is 0 Å². The quantitative estimate of drug-likeness (QED) is 0.847. The van der Waals surface area contributed by atoms with Crippen LogP contribution in [-0.4, -0.2) is 59.5 Å².